The van der Waals surface area contributed by atoms with Crippen molar-refractivity contribution in [2.45, 2.75) is 161 Å². The highest BCUT2D eigenvalue weighted by atomic mass is 32.2. The highest BCUT2D eigenvalue weighted by Crippen LogP contribution is 2.43. The van der Waals surface area contributed by atoms with Crippen molar-refractivity contribution in [1.82, 2.24) is 0 Å². The van der Waals surface area contributed by atoms with Crippen LogP contribution in [0.2, 0.25) is 0 Å². The maximum absolute atomic E-state index is 12.3. The molecule has 0 spiro atoms. The van der Waals surface area contributed by atoms with Gasteiger partial charge in [-0.3, -0.25) is 4.57 Å². The first-order chi connectivity index (χ1) is 17.8. The predicted octanol–water partition coefficient (Wildman–Crippen LogP) is 9.23. The van der Waals surface area contributed by atoms with Gasteiger partial charge in [-0.2, -0.15) is 11.8 Å². The van der Waals surface area contributed by atoms with Crippen LogP contribution in [0.5, 0.6) is 0 Å². The third kappa shape index (κ3) is 22.4. The summed E-state index contributed by atoms with van der Waals surface area (Å²) in [5.74, 6) is -0.167. The van der Waals surface area contributed by atoms with Crippen LogP contribution >= 0.6 is 19.4 Å². The number of rotatable bonds is 28. The first-order valence-corrected chi connectivity index (χ1v) is 18.0. The van der Waals surface area contributed by atoms with Crippen LogP contribution in [0.3, 0.4) is 0 Å². The van der Waals surface area contributed by atoms with Crippen LogP contribution in [0.1, 0.15) is 143 Å². The lowest BCUT2D eigenvalue weighted by molar-refractivity contribution is -0.152. The summed E-state index contributed by atoms with van der Waals surface area (Å²) in [6, 6.07) is 0. The Hall–Kier alpha value is -0.0700. The molecule has 0 radical (unpaired) electrons. The van der Waals surface area contributed by atoms with Crippen molar-refractivity contribution in [3.8, 4) is 0 Å². The largest absolute Gasteiger partial charge is 0.479 e. The molecule has 0 aliphatic rings. The molecule has 0 fully saturated rings. The Morgan fingerprint density at radius 2 is 1.27 bits per heavy atom. The fourth-order valence-electron chi connectivity index (χ4n) is 4.43. The number of aliphatic carboxylic acids is 1. The quantitative estimate of drug-likeness (QED) is 0.0720. The Balaban J connectivity index is 4.63. The van der Waals surface area contributed by atoms with E-state index >= 15 is 0 Å². The van der Waals surface area contributed by atoms with E-state index in [1.54, 1.807) is 0 Å². The molecular formula is C29H59O6PS. The Morgan fingerprint density at radius 1 is 0.784 bits per heavy atom. The summed E-state index contributed by atoms with van der Waals surface area (Å²) < 4.78 is 23.2. The molecule has 0 saturated carbocycles. The monoisotopic (exact) mass is 566 g/mol. The summed E-state index contributed by atoms with van der Waals surface area (Å²) in [6.45, 7) is 8.36. The minimum Gasteiger partial charge on any atom is -0.479 e. The van der Waals surface area contributed by atoms with Gasteiger partial charge < -0.3 is 19.3 Å². The molecule has 0 aromatic rings. The normalized spacial score (nSPS) is 15.8. The molecule has 0 amide bonds. The molecule has 8 heteroatoms. The maximum Gasteiger partial charge on any atom is 0.333 e. The summed E-state index contributed by atoms with van der Waals surface area (Å²) in [6.07, 6.45) is 19.8. The molecule has 2 N–H and O–H groups in total. The highest BCUT2D eigenvalue weighted by Gasteiger charge is 2.33. The third-order valence-corrected chi connectivity index (χ3v) is 9.69. The van der Waals surface area contributed by atoms with E-state index in [9.17, 15) is 19.4 Å². The maximum atomic E-state index is 12.3. The van der Waals surface area contributed by atoms with Crippen molar-refractivity contribution in [2.75, 3.05) is 18.5 Å². The summed E-state index contributed by atoms with van der Waals surface area (Å²) in [5, 5.41) is 9.83. The van der Waals surface area contributed by atoms with Gasteiger partial charge in [0.05, 0.1) is 18.9 Å². The van der Waals surface area contributed by atoms with Gasteiger partial charge in [0.25, 0.3) is 0 Å². The standard InChI is InChI=1S/C29H59O6PS/c1-5-8-10-12-14-15-16-17-19-21-24-37-28(22-20-18-13-11-9-6-2)26(4)35-27(29(30)31)25-36(32,33)34-23-7-3/h26-28H,5-25H2,1-4H3,(H,30,31)(H,32,33). The summed E-state index contributed by atoms with van der Waals surface area (Å²) in [5.41, 5.74) is 0. The van der Waals surface area contributed by atoms with Gasteiger partial charge in [0.15, 0.2) is 6.10 Å². The fourth-order valence-corrected chi connectivity index (χ4v) is 7.00. The Labute approximate surface area is 233 Å². The van der Waals surface area contributed by atoms with Gasteiger partial charge in [-0.1, -0.05) is 117 Å². The van der Waals surface area contributed by atoms with Crippen molar-refractivity contribution >= 4 is 25.3 Å². The second kappa shape index (κ2) is 24.9. The van der Waals surface area contributed by atoms with E-state index < -0.39 is 25.8 Å². The van der Waals surface area contributed by atoms with Crippen molar-refractivity contribution in [1.29, 1.82) is 0 Å². The molecule has 37 heavy (non-hydrogen) atoms. The van der Waals surface area contributed by atoms with Crippen LogP contribution in [0, 0.1) is 0 Å². The first kappa shape index (κ1) is 36.9. The molecule has 0 rings (SSSR count). The van der Waals surface area contributed by atoms with Gasteiger partial charge in [0, 0.05) is 5.25 Å². The lowest BCUT2D eigenvalue weighted by atomic mass is 10.1. The Morgan fingerprint density at radius 3 is 1.76 bits per heavy atom. The molecule has 222 valence electrons. The molecule has 0 heterocycles. The van der Waals surface area contributed by atoms with Crippen molar-refractivity contribution < 1.29 is 28.6 Å². The second-order valence-corrected chi connectivity index (χ2v) is 13.7. The average Bonchev–Trinajstić information content (AvgIpc) is 2.86. The molecule has 4 atom stereocenters. The molecule has 0 bridgehead atoms. The molecular weight excluding hydrogens is 507 g/mol. The second-order valence-electron chi connectivity index (χ2n) is 10.5. The van der Waals surface area contributed by atoms with Gasteiger partial charge in [-0.15, -0.1) is 0 Å². The van der Waals surface area contributed by atoms with E-state index in [-0.39, 0.29) is 18.0 Å². The van der Waals surface area contributed by atoms with E-state index in [4.69, 9.17) is 9.26 Å². The van der Waals surface area contributed by atoms with Crippen LogP contribution < -0.4 is 0 Å². The number of carbonyl (C=O) groups is 1. The van der Waals surface area contributed by atoms with Crippen LogP contribution in [0.4, 0.5) is 0 Å². The van der Waals surface area contributed by atoms with Crippen molar-refractivity contribution in [3.63, 3.8) is 0 Å². The van der Waals surface area contributed by atoms with Crippen LogP contribution in [-0.2, 0) is 18.6 Å². The minimum absolute atomic E-state index is 0.130. The molecule has 6 nitrogen and oxygen atoms in total. The minimum atomic E-state index is -4.00. The first-order valence-electron chi connectivity index (χ1n) is 15.2. The number of ether oxygens (including phenoxy) is 1. The number of carboxylic acids is 1. The number of hydrogen-bond acceptors (Lipinski definition) is 5. The fraction of sp³-hybridized carbons (Fsp3) is 0.966. The van der Waals surface area contributed by atoms with Gasteiger partial charge in [0.2, 0.25) is 0 Å². The lowest BCUT2D eigenvalue weighted by Crippen LogP contribution is -2.36. The van der Waals surface area contributed by atoms with Crippen LogP contribution in [0.25, 0.3) is 0 Å². The molecule has 0 aliphatic heterocycles. The van der Waals surface area contributed by atoms with E-state index in [0.717, 1.165) is 18.6 Å². The number of carboxylic acid groups (broad SMARTS) is 1. The van der Waals surface area contributed by atoms with E-state index in [2.05, 4.69) is 13.8 Å². The lowest BCUT2D eigenvalue weighted by Gasteiger charge is -2.27. The zero-order valence-corrected chi connectivity index (χ0v) is 26.2. The van der Waals surface area contributed by atoms with Crippen molar-refractivity contribution in [2.24, 2.45) is 0 Å². The van der Waals surface area contributed by atoms with Crippen LogP contribution in [0.15, 0.2) is 0 Å². The Kier molecular flexibility index (Phi) is 24.9. The molecule has 0 saturated heterocycles. The van der Waals surface area contributed by atoms with E-state index in [0.29, 0.717) is 6.42 Å². The zero-order valence-electron chi connectivity index (χ0n) is 24.5. The van der Waals surface area contributed by atoms with Gasteiger partial charge in [-0.05, 0) is 31.9 Å². The predicted molar refractivity (Wildman–Crippen MR) is 159 cm³/mol. The van der Waals surface area contributed by atoms with E-state index in [1.165, 1.54) is 96.3 Å². The van der Waals surface area contributed by atoms with Crippen molar-refractivity contribution in [3.05, 3.63) is 0 Å². The smallest absolute Gasteiger partial charge is 0.333 e. The van der Waals surface area contributed by atoms with Gasteiger partial charge in [-0.25, -0.2) is 4.79 Å². The molecule has 4 unspecified atom stereocenters. The highest BCUT2D eigenvalue weighted by molar-refractivity contribution is 7.99. The Bertz CT molecular complexity index is 577. The SMILES string of the molecule is CCCCCCCCCCCCSC(CCCCCCCC)C(C)OC(CP(=O)(O)OCCC)C(=O)O. The number of thioether (sulfide) groups is 1. The van der Waals surface area contributed by atoms with E-state index in [1.807, 2.05) is 25.6 Å². The summed E-state index contributed by atoms with van der Waals surface area (Å²) >= 11 is 1.88. The van der Waals surface area contributed by atoms with Gasteiger partial charge >= 0.3 is 13.6 Å². The zero-order chi connectivity index (χ0) is 27.8. The molecule has 0 aromatic carbocycles. The number of unbranched alkanes of at least 4 members (excludes halogenated alkanes) is 14. The van der Waals surface area contributed by atoms with Crippen LogP contribution in [-0.4, -0.2) is 51.9 Å². The molecule has 0 aliphatic carbocycles. The third-order valence-electron chi connectivity index (χ3n) is 6.74. The summed E-state index contributed by atoms with van der Waals surface area (Å²) in [4.78, 5) is 21.9. The number of hydrogen-bond donors (Lipinski definition) is 2. The average molecular weight is 567 g/mol. The summed E-state index contributed by atoms with van der Waals surface area (Å²) in [7, 11) is -4.00. The van der Waals surface area contributed by atoms with Gasteiger partial charge in [0.1, 0.15) is 0 Å². The molecule has 0 aromatic heterocycles. The topological polar surface area (TPSA) is 93.1 Å².